The van der Waals surface area contributed by atoms with Gasteiger partial charge in [-0.2, -0.15) is 13.2 Å². The van der Waals surface area contributed by atoms with Crippen molar-refractivity contribution in [1.29, 1.82) is 0 Å². The Kier molecular flexibility index (Phi) is 6.84. The molecule has 0 fully saturated rings. The molecule has 1 rings (SSSR count). The van der Waals surface area contributed by atoms with Gasteiger partial charge in [-0.3, -0.25) is 9.65 Å². The van der Waals surface area contributed by atoms with E-state index in [1.165, 1.54) is 0 Å². The molecular weight excluding hydrogens is 348 g/mol. The predicted octanol–water partition coefficient (Wildman–Crippen LogP) is 5.45. The van der Waals surface area contributed by atoms with Crippen LogP contribution < -0.4 is 5.09 Å². The minimum atomic E-state index is -4.53. The van der Waals surface area contributed by atoms with E-state index in [0.29, 0.717) is 11.9 Å². The Balaban J connectivity index is 2.97. The van der Waals surface area contributed by atoms with Crippen LogP contribution in [-0.2, 0) is 15.3 Å². The Bertz CT molecular complexity index is 531. The first-order valence-corrected chi connectivity index (χ1v) is 9.71. The highest BCUT2D eigenvalue weighted by Gasteiger charge is 2.32. The molecule has 0 aliphatic heterocycles. The highest BCUT2D eigenvalue weighted by molar-refractivity contribution is 8.57. The molecule has 1 aromatic heterocycles. The number of nitrogens with one attached hydrogen (secondary N) is 1. The zero-order valence-corrected chi connectivity index (χ0v) is 13.9. The molecule has 0 amide bonds. The monoisotopic (exact) mass is 362 g/mol. The Labute approximate surface area is 130 Å². The molecular formula is C11H15ClF3N2O2PS. The van der Waals surface area contributed by atoms with Crippen molar-refractivity contribution in [3.63, 3.8) is 0 Å². The van der Waals surface area contributed by atoms with Crippen molar-refractivity contribution in [2.75, 3.05) is 17.4 Å². The number of rotatable bonds is 7. The number of hydrogen-bond acceptors (Lipinski definition) is 4. The van der Waals surface area contributed by atoms with Crippen LogP contribution in [0.25, 0.3) is 0 Å². The number of aromatic nitrogens is 1. The normalized spacial score (nSPS) is 14.8. The molecule has 0 radical (unpaired) electrons. The average Bonchev–Trinajstić information content (AvgIpc) is 2.38. The summed E-state index contributed by atoms with van der Waals surface area (Å²) in [5, 5.41) is 2.26. The lowest BCUT2D eigenvalue weighted by molar-refractivity contribution is -0.137. The second-order valence-corrected chi connectivity index (χ2v) is 8.68. The summed E-state index contributed by atoms with van der Waals surface area (Å²) in [5.74, 6) is 0.479. The molecule has 0 aliphatic carbocycles. The summed E-state index contributed by atoms with van der Waals surface area (Å²) >= 11 is 6.83. The third-order valence-electron chi connectivity index (χ3n) is 2.18. The Hall–Kier alpha value is -0.430. The SMILES string of the molecule is CCCSP(=O)(Nc1ncc(C(F)(F)F)cc1Cl)OCC. The van der Waals surface area contributed by atoms with Crippen molar-refractivity contribution in [2.24, 2.45) is 0 Å². The van der Waals surface area contributed by atoms with Gasteiger partial charge in [0.1, 0.15) is 0 Å². The molecule has 10 heteroatoms. The largest absolute Gasteiger partial charge is 0.417 e. The van der Waals surface area contributed by atoms with Gasteiger partial charge in [-0.25, -0.2) is 4.98 Å². The molecule has 1 aromatic rings. The van der Waals surface area contributed by atoms with E-state index in [4.69, 9.17) is 16.1 Å². The van der Waals surface area contributed by atoms with Crippen LogP contribution in [0.2, 0.25) is 5.02 Å². The quantitative estimate of drug-likeness (QED) is 0.653. The second-order valence-electron chi connectivity index (χ2n) is 3.91. The first-order valence-electron chi connectivity index (χ1n) is 6.12. The number of anilines is 1. The third-order valence-corrected chi connectivity index (χ3v) is 6.64. The average molecular weight is 363 g/mol. The van der Waals surface area contributed by atoms with Crippen molar-refractivity contribution in [2.45, 2.75) is 26.4 Å². The van der Waals surface area contributed by atoms with Gasteiger partial charge in [-0.1, -0.05) is 18.5 Å². The van der Waals surface area contributed by atoms with Crippen LogP contribution in [0, 0.1) is 0 Å². The van der Waals surface area contributed by atoms with Gasteiger partial charge in [-0.15, -0.1) is 0 Å². The molecule has 1 atom stereocenters. The maximum atomic E-state index is 12.5. The molecule has 0 saturated heterocycles. The van der Waals surface area contributed by atoms with Crippen LogP contribution in [0.5, 0.6) is 0 Å². The molecule has 0 spiro atoms. The summed E-state index contributed by atoms with van der Waals surface area (Å²) in [6.45, 7) is 0.470. The molecule has 4 nitrogen and oxygen atoms in total. The van der Waals surface area contributed by atoms with Gasteiger partial charge in [0, 0.05) is 11.9 Å². The number of nitrogens with zero attached hydrogens (tertiary/aromatic N) is 1. The lowest BCUT2D eigenvalue weighted by Crippen LogP contribution is -2.07. The summed E-state index contributed by atoms with van der Waals surface area (Å²) in [6, 6.07) is 0.734. The highest BCUT2D eigenvalue weighted by Crippen LogP contribution is 2.59. The van der Waals surface area contributed by atoms with Crippen molar-refractivity contribution in [3.05, 3.63) is 22.8 Å². The molecule has 1 unspecified atom stereocenters. The van der Waals surface area contributed by atoms with Gasteiger partial charge < -0.3 is 4.52 Å². The Morgan fingerprint density at radius 3 is 2.62 bits per heavy atom. The van der Waals surface area contributed by atoms with E-state index in [9.17, 15) is 17.7 Å². The van der Waals surface area contributed by atoms with E-state index in [1.807, 2.05) is 6.92 Å². The summed E-state index contributed by atoms with van der Waals surface area (Å²) in [5.41, 5.74) is -0.967. The van der Waals surface area contributed by atoms with E-state index >= 15 is 0 Å². The summed E-state index contributed by atoms with van der Waals surface area (Å²) < 4.78 is 55.2. The Morgan fingerprint density at radius 1 is 1.48 bits per heavy atom. The molecule has 0 aromatic carbocycles. The van der Waals surface area contributed by atoms with Gasteiger partial charge in [-0.05, 0) is 30.8 Å². The molecule has 0 saturated carbocycles. The highest BCUT2D eigenvalue weighted by atomic mass is 35.5. The molecule has 1 heterocycles. The third kappa shape index (κ3) is 5.70. The van der Waals surface area contributed by atoms with E-state index in [0.717, 1.165) is 23.9 Å². The van der Waals surface area contributed by atoms with Crippen LogP contribution in [-0.4, -0.2) is 17.3 Å². The minimum Gasteiger partial charge on any atom is -0.306 e. The van der Waals surface area contributed by atoms with Gasteiger partial charge in [0.15, 0.2) is 5.82 Å². The standard InChI is InChI=1S/C11H15ClF3N2O2PS/c1-3-5-21-20(18,19-4-2)17-10-9(12)6-8(7-16-10)11(13,14)15/h6-7H,3-5H2,1-2H3,(H,16,17,18). The first kappa shape index (κ1) is 18.6. The van der Waals surface area contributed by atoms with Gasteiger partial charge in [0.2, 0.25) is 0 Å². The molecule has 0 bridgehead atoms. The van der Waals surface area contributed by atoms with E-state index < -0.39 is 18.5 Å². The zero-order valence-electron chi connectivity index (χ0n) is 11.4. The van der Waals surface area contributed by atoms with E-state index in [2.05, 4.69) is 10.1 Å². The van der Waals surface area contributed by atoms with Gasteiger partial charge in [0.25, 0.3) is 0 Å². The lowest BCUT2D eigenvalue weighted by atomic mass is 10.3. The number of hydrogen-bond donors (Lipinski definition) is 1. The second kappa shape index (κ2) is 7.72. The van der Waals surface area contributed by atoms with Crippen LogP contribution in [0.4, 0.5) is 19.0 Å². The fourth-order valence-electron chi connectivity index (χ4n) is 1.29. The van der Waals surface area contributed by atoms with E-state index in [1.54, 1.807) is 6.92 Å². The number of pyridine rings is 1. The van der Waals surface area contributed by atoms with Crippen LogP contribution in [0.1, 0.15) is 25.8 Å². The predicted molar refractivity (Wildman–Crippen MR) is 79.9 cm³/mol. The van der Waals surface area contributed by atoms with Gasteiger partial charge in [0.05, 0.1) is 17.2 Å². The molecule has 0 aliphatic rings. The molecule has 1 N–H and O–H groups in total. The first-order chi connectivity index (χ1) is 9.72. The zero-order chi connectivity index (χ0) is 16.1. The van der Waals surface area contributed by atoms with Crippen LogP contribution >= 0.6 is 29.7 Å². The van der Waals surface area contributed by atoms with Crippen LogP contribution in [0.3, 0.4) is 0 Å². The van der Waals surface area contributed by atoms with Crippen molar-refractivity contribution >= 4 is 35.5 Å². The topological polar surface area (TPSA) is 51.2 Å². The minimum absolute atomic E-state index is 0.0925. The van der Waals surface area contributed by atoms with Crippen LogP contribution in [0.15, 0.2) is 12.3 Å². The smallest absolute Gasteiger partial charge is 0.306 e. The van der Waals surface area contributed by atoms with Crippen molar-refractivity contribution in [1.82, 2.24) is 4.98 Å². The lowest BCUT2D eigenvalue weighted by Gasteiger charge is -2.19. The molecule has 120 valence electrons. The van der Waals surface area contributed by atoms with E-state index in [-0.39, 0.29) is 17.4 Å². The summed E-state index contributed by atoms with van der Waals surface area (Å²) in [6.07, 6.45) is -3.12. The Morgan fingerprint density at radius 2 is 2.14 bits per heavy atom. The maximum Gasteiger partial charge on any atom is 0.417 e. The summed E-state index contributed by atoms with van der Waals surface area (Å²) in [4.78, 5) is 3.59. The molecule has 21 heavy (non-hydrogen) atoms. The number of halogens is 4. The maximum absolute atomic E-state index is 12.5. The fraction of sp³-hybridized carbons (Fsp3) is 0.545. The van der Waals surface area contributed by atoms with Gasteiger partial charge >= 0.3 is 12.9 Å². The number of alkyl halides is 3. The summed E-state index contributed by atoms with van der Waals surface area (Å²) in [7, 11) is 0. The van der Waals surface area contributed by atoms with Crippen molar-refractivity contribution in [3.8, 4) is 0 Å². The fourth-order valence-corrected chi connectivity index (χ4v) is 5.23. The van der Waals surface area contributed by atoms with Crippen molar-refractivity contribution < 1.29 is 22.3 Å².